The van der Waals surface area contributed by atoms with Gasteiger partial charge >= 0.3 is 0 Å². The fourth-order valence-corrected chi connectivity index (χ4v) is 2.74. The topological polar surface area (TPSA) is 130 Å². The van der Waals surface area contributed by atoms with E-state index in [0.29, 0.717) is 16.1 Å². The maximum atomic E-state index is 12.5. The van der Waals surface area contributed by atoms with Crippen molar-refractivity contribution < 1.29 is 9.59 Å². The third kappa shape index (κ3) is 4.86. The van der Waals surface area contributed by atoms with Gasteiger partial charge in [-0.2, -0.15) is 15.8 Å². The van der Waals surface area contributed by atoms with Crippen LogP contribution in [-0.2, 0) is 4.79 Å². The summed E-state index contributed by atoms with van der Waals surface area (Å²) in [4.78, 5) is 24.6. The number of nitrogens with zero attached hydrogens (tertiary/aromatic N) is 3. The first-order valence-corrected chi connectivity index (χ1v) is 8.49. The van der Waals surface area contributed by atoms with E-state index in [1.807, 2.05) is 18.2 Å². The molecule has 7 nitrogen and oxygen atoms in total. The second-order valence-electron chi connectivity index (χ2n) is 5.73. The van der Waals surface area contributed by atoms with Crippen LogP contribution >= 0.6 is 11.6 Å². The third-order valence-electron chi connectivity index (χ3n) is 4.01. The highest BCUT2D eigenvalue weighted by Crippen LogP contribution is 2.32. The number of halogens is 1. The van der Waals surface area contributed by atoms with Gasteiger partial charge in [-0.25, -0.2) is 0 Å². The van der Waals surface area contributed by atoms with Crippen LogP contribution in [0.4, 0.5) is 0 Å². The molecule has 2 N–H and O–H groups in total. The first kappa shape index (κ1) is 20.5. The normalized spacial score (nSPS) is 12.0. The Morgan fingerprint density at radius 1 is 0.857 bits per heavy atom. The Hall–Kier alpha value is -3.86. The van der Waals surface area contributed by atoms with E-state index in [-0.39, 0.29) is 0 Å². The van der Waals surface area contributed by atoms with Crippen molar-refractivity contribution in [3.8, 4) is 18.2 Å². The molecule has 2 amide bonds. The standard InChI is InChI=1S/C20H14ClN5O2/c21-16-8-6-13(7-9-16)18(15(10-22)11-23)17(12-24)20(28)26-25-19(27)14-4-2-1-3-5-14/h1-9,15,17-18H,(H,25,27)(H,26,28). The number of benzene rings is 2. The molecule has 2 aromatic carbocycles. The Labute approximate surface area is 166 Å². The SMILES string of the molecule is N#CC(C#N)C(c1ccc(Cl)cc1)C(C#N)C(=O)NNC(=O)c1ccccc1. The minimum atomic E-state index is -1.39. The lowest BCUT2D eigenvalue weighted by molar-refractivity contribution is -0.124. The van der Waals surface area contributed by atoms with Gasteiger partial charge in [0.2, 0.25) is 0 Å². The third-order valence-corrected chi connectivity index (χ3v) is 4.26. The summed E-state index contributed by atoms with van der Waals surface area (Å²) in [6.45, 7) is 0. The van der Waals surface area contributed by atoms with E-state index in [0.717, 1.165) is 0 Å². The molecule has 0 radical (unpaired) electrons. The molecule has 0 saturated carbocycles. The first-order valence-electron chi connectivity index (χ1n) is 8.11. The molecule has 2 rings (SSSR count). The van der Waals surface area contributed by atoms with Crippen molar-refractivity contribution in [3.63, 3.8) is 0 Å². The minimum absolute atomic E-state index is 0.317. The van der Waals surface area contributed by atoms with Crippen LogP contribution in [0.1, 0.15) is 21.8 Å². The molecule has 0 spiro atoms. The molecule has 0 aliphatic rings. The molecule has 2 aromatic rings. The smallest absolute Gasteiger partial charge is 0.269 e. The predicted octanol–water partition coefficient (Wildman–Crippen LogP) is 2.69. The Kier molecular flexibility index (Phi) is 7.11. The van der Waals surface area contributed by atoms with Gasteiger partial charge in [-0.15, -0.1) is 0 Å². The van der Waals surface area contributed by atoms with Gasteiger partial charge in [0, 0.05) is 16.5 Å². The van der Waals surface area contributed by atoms with Crippen molar-refractivity contribution in [2.75, 3.05) is 0 Å². The Morgan fingerprint density at radius 3 is 2.00 bits per heavy atom. The van der Waals surface area contributed by atoms with E-state index in [1.54, 1.807) is 54.6 Å². The van der Waals surface area contributed by atoms with Crippen molar-refractivity contribution in [1.82, 2.24) is 10.9 Å². The highest BCUT2D eigenvalue weighted by atomic mass is 35.5. The molecule has 0 aliphatic heterocycles. The molecule has 0 bridgehead atoms. The fourth-order valence-electron chi connectivity index (χ4n) is 2.61. The monoisotopic (exact) mass is 391 g/mol. The zero-order valence-electron chi connectivity index (χ0n) is 14.5. The summed E-state index contributed by atoms with van der Waals surface area (Å²) in [5.41, 5.74) is 5.17. The van der Waals surface area contributed by atoms with E-state index >= 15 is 0 Å². The van der Waals surface area contributed by atoms with Gasteiger partial charge in [-0.3, -0.25) is 20.4 Å². The first-order chi connectivity index (χ1) is 13.5. The number of hydrazine groups is 1. The van der Waals surface area contributed by atoms with Crippen molar-refractivity contribution in [2.24, 2.45) is 11.8 Å². The summed E-state index contributed by atoms with van der Waals surface area (Å²) in [5, 5.41) is 28.6. The highest BCUT2D eigenvalue weighted by molar-refractivity contribution is 6.30. The molecule has 0 aliphatic carbocycles. The van der Waals surface area contributed by atoms with Crippen LogP contribution < -0.4 is 10.9 Å². The number of hydrogen-bond donors (Lipinski definition) is 2. The molecule has 0 fully saturated rings. The highest BCUT2D eigenvalue weighted by Gasteiger charge is 2.36. The summed E-state index contributed by atoms with van der Waals surface area (Å²) < 4.78 is 0. The van der Waals surface area contributed by atoms with Gasteiger partial charge in [0.1, 0.15) is 11.8 Å². The molecule has 0 aromatic heterocycles. The summed E-state index contributed by atoms with van der Waals surface area (Å²) >= 11 is 5.86. The lowest BCUT2D eigenvalue weighted by Gasteiger charge is -2.22. The number of rotatable bonds is 5. The van der Waals surface area contributed by atoms with Crippen LogP contribution in [0.15, 0.2) is 54.6 Å². The zero-order valence-corrected chi connectivity index (χ0v) is 15.2. The molecular formula is C20H14ClN5O2. The van der Waals surface area contributed by atoms with Crippen LogP contribution in [-0.4, -0.2) is 11.8 Å². The number of amides is 2. The number of hydrogen-bond acceptors (Lipinski definition) is 5. The van der Waals surface area contributed by atoms with E-state index in [1.165, 1.54) is 0 Å². The summed E-state index contributed by atoms with van der Waals surface area (Å²) in [5.74, 6) is -5.05. The Bertz CT molecular complexity index is 957. The summed E-state index contributed by atoms with van der Waals surface area (Å²) in [7, 11) is 0. The second kappa shape index (κ2) is 9.73. The van der Waals surface area contributed by atoms with E-state index in [4.69, 9.17) is 11.6 Å². The van der Waals surface area contributed by atoms with Crippen LogP contribution in [0.2, 0.25) is 5.02 Å². The maximum absolute atomic E-state index is 12.5. The number of carbonyl (C=O) groups excluding carboxylic acids is 2. The molecule has 138 valence electrons. The zero-order chi connectivity index (χ0) is 20.5. The maximum Gasteiger partial charge on any atom is 0.269 e. The lowest BCUT2D eigenvalue weighted by atomic mass is 9.78. The molecule has 0 heterocycles. The van der Waals surface area contributed by atoms with Crippen LogP contribution in [0.3, 0.4) is 0 Å². The number of carbonyl (C=O) groups is 2. The predicted molar refractivity (Wildman–Crippen MR) is 100 cm³/mol. The summed E-state index contributed by atoms with van der Waals surface area (Å²) in [6.07, 6.45) is 0. The van der Waals surface area contributed by atoms with Gasteiger partial charge in [-0.05, 0) is 29.8 Å². The van der Waals surface area contributed by atoms with Gasteiger partial charge in [0.25, 0.3) is 11.8 Å². The lowest BCUT2D eigenvalue weighted by Crippen LogP contribution is -2.46. The fraction of sp³-hybridized carbons (Fsp3) is 0.150. The largest absolute Gasteiger partial charge is 0.272 e. The van der Waals surface area contributed by atoms with Gasteiger partial charge in [0.15, 0.2) is 0 Å². The van der Waals surface area contributed by atoms with Crippen molar-refractivity contribution in [2.45, 2.75) is 5.92 Å². The number of nitriles is 3. The van der Waals surface area contributed by atoms with Crippen LogP contribution in [0.25, 0.3) is 0 Å². The minimum Gasteiger partial charge on any atom is -0.272 e. The van der Waals surface area contributed by atoms with Gasteiger partial charge in [0.05, 0.1) is 18.2 Å². The molecule has 2 unspecified atom stereocenters. The number of nitrogens with one attached hydrogen (secondary N) is 2. The van der Waals surface area contributed by atoms with Crippen molar-refractivity contribution >= 4 is 23.4 Å². The molecular weight excluding hydrogens is 378 g/mol. The van der Waals surface area contributed by atoms with E-state index in [9.17, 15) is 25.4 Å². The molecule has 28 heavy (non-hydrogen) atoms. The van der Waals surface area contributed by atoms with Gasteiger partial charge < -0.3 is 0 Å². The summed E-state index contributed by atoms with van der Waals surface area (Å²) in [6, 6.07) is 19.8. The molecule has 0 saturated heterocycles. The second-order valence-corrected chi connectivity index (χ2v) is 6.17. The Balaban J connectivity index is 2.23. The van der Waals surface area contributed by atoms with Crippen molar-refractivity contribution in [3.05, 3.63) is 70.7 Å². The Morgan fingerprint density at radius 2 is 1.46 bits per heavy atom. The average Bonchev–Trinajstić information content (AvgIpc) is 2.73. The van der Waals surface area contributed by atoms with E-state index in [2.05, 4.69) is 10.9 Å². The quantitative estimate of drug-likeness (QED) is 0.757. The average molecular weight is 392 g/mol. The van der Waals surface area contributed by atoms with Crippen LogP contribution in [0, 0.1) is 45.8 Å². The molecule has 8 heteroatoms. The van der Waals surface area contributed by atoms with Crippen LogP contribution in [0.5, 0.6) is 0 Å². The van der Waals surface area contributed by atoms with Crippen molar-refractivity contribution in [1.29, 1.82) is 15.8 Å². The van der Waals surface area contributed by atoms with Gasteiger partial charge in [-0.1, -0.05) is 41.9 Å². The molecule has 2 atom stereocenters. The van der Waals surface area contributed by atoms with E-state index < -0.39 is 29.6 Å².